The molecule has 0 aliphatic rings. The molecule has 0 aromatic rings. The van der Waals surface area contributed by atoms with E-state index in [1.54, 1.807) is 6.92 Å². The highest BCUT2D eigenvalue weighted by molar-refractivity contribution is 8.69. The van der Waals surface area contributed by atoms with Gasteiger partial charge in [0.25, 0.3) is 0 Å². The first-order valence-corrected chi connectivity index (χ1v) is 8.31. The molecule has 0 heterocycles. The van der Waals surface area contributed by atoms with Crippen LogP contribution < -0.4 is 0 Å². The molecule has 0 rings (SSSR count). The Bertz CT molecular complexity index is 327. The molecule has 13 heavy (non-hydrogen) atoms. The molecule has 0 amide bonds. The van der Waals surface area contributed by atoms with Crippen molar-refractivity contribution in [1.82, 2.24) is 0 Å². The van der Waals surface area contributed by atoms with E-state index in [4.69, 9.17) is 0 Å². The molecule has 8 heteroatoms. The van der Waals surface area contributed by atoms with Crippen LogP contribution in [0.2, 0.25) is 0 Å². The van der Waals surface area contributed by atoms with Gasteiger partial charge in [-0.05, 0) is 17.2 Å². The van der Waals surface area contributed by atoms with Crippen molar-refractivity contribution >= 4 is 29.8 Å². The Morgan fingerprint density at radius 1 is 1.15 bits per heavy atom. The predicted molar refractivity (Wildman–Crippen MR) is 51.1 cm³/mol. The third kappa shape index (κ3) is 8.54. The summed E-state index contributed by atoms with van der Waals surface area (Å²) in [6.45, 7) is 1.72. The van der Waals surface area contributed by atoms with Crippen LogP contribution in [0.15, 0.2) is 0 Å². The third-order valence-electron chi connectivity index (χ3n) is 1.14. The fourth-order valence-electron chi connectivity index (χ4n) is 0.676. The van der Waals surface area contributed by atoms with E-state index in [-0.39, 0.29) is 28.1 Å². The summed E-state index contributed by atoms with van der Waals surface area (Å²) in [6, 6.07) is 0. The SMILES string of the molecule is CCCS(=O)(=O)CCSS(=O)(=O)[O-]. The fraction of sp³-hybridized carbons (Fsp3) is 1.00. The second kappa shape index (κ2) is 5.18. The van der Waals surface area contributed by atoms with Crippen molar-refractivity contribution in [2.24, 2.45) is 0 Å². The van der Waals surface area contributed by atoms with Crippen LogP contribution in [0.25, 0.3) is 0 Å². The van der Waals surface area contributed by atoms with E-state index in [1.165, 1.54) is 0 Å². The highest BCUT2D eigenvalue weighted by Gasteiger charge is 2.09. The van der Waals surface area contributed by atoms with Gasteiger partial charge >= 0.3 is 0 Å². The summed E-state index contributed by atoms with van der Waals surface area (Å²) >= 11 is 0. The normalized spacial score (nSPS) is 13.1. The Kier molecular flexibility index (Phi) is 5.26. The fourth-order valence-corrected chi connectivity index (χ4v) is 4.22. The van der Waals surface area contributed by atoms with Gasteiger partial charge in [-0.2, -0.15) is 0 Å². The minimum atomic E-state index is -4.36. The van der Waals surface area contributed by atoms with Gasteiger partial charge in [0, 0.05) is 11.5 Å². The maximum absolute atomic E-state index is 11.0. The Balaban J connectivity index is 3.91. The molecule has 0 unspecified atom stereocenters. The Labute approximate surface area is 82.0 Å². The van der Waals surface area contributed by atoms with Gasteiger partial charge in [-0.1, -0.05) is 6.92 Å². The second-order valence-corrected chi connectivity index (χ2v) is 8.08. The van der Waals surface area contributed by atoms with Crippen molar-refractivity contribution in [2.75, 3.05) is 17.3 Å². The van der Waals surface area contributed by atoms with E-state index in [1.807, 2.05) is 0 Å². The van der Waals surface area contributed by atoms with Gasteiger partial charge < -0.3 is 4.55 Å². The monoisotopic (exact) mass is 247 g/mol. The minimum absolute atomic E-state index is 0.0342. The summed E-state index contributed by atoms with van der Waals surface area (Å²) < 4.78 is 52.3. The van der Waals surface area contributed by atoms with Gasteiger partial charge in [0.2, 0.25) is 0 Å². The number of rotatable bonds is 6. The van der Waals surface area contributed by atoms with E-state index >= 15 is 0 Å². The van der Waals surface area contributed by atoms with E-state index in [0.29, 0.717) is 6.42 Å². The average molecular weight is 247 g/mol. The zero-order chi connectivity index (χ0) is 10.5. The molecule has 0 spiro atoms. The number of hydrogen-bond acceptors (Lipinski definition) is 6. The van der Waals surface area contributed by atoms with E-state index in [0.717, 1.165) is 0 Å². The van der Waals surface area contributed by atoms with Crippen LogP contribution in [0.5, 0.6) is 0 Å². The lowest BCUT2D eigenvalue weighted by Gasteiger charge is -2.05. The summed E-state index contributed by atoms with van der Waals surface area (Å²) in [5.41, 5.74) is 0. The van der Waals surface area contributed by atoms with Gasteiger partial charge in [0.15, 0.2) is 9.84 Å². The van der Waals surface area contributed by atoms with Crippen LogP contribution in [0.4, 0.5) is 0 Å². The lowest BCUT2D eigenvalue weighted by molar-refractivity contribution is 0.482. The molecule has 0 atom stereocenters. The molecule has 0 aliphatic heterocycles. The topological polar surface area (TPSA) is 91.3 Å². The molecule has 0 N–H and O–H groups in total. The summed E-state index contributed by atoms with van der Waals surface area (Å²) in [5.74, 6) is -0.409. The Morgan fingerprint density at radius 2 is 1.69 bits per heavy atom. The van der Waals surface area contributed by atoms with Crippen LogP contribution in [0.3, 0.4) is 0 Å². The highest BCUT2D eigenvalue weighted by atomic mass is 33.1. The van der Waals surface area contributed by atoms with E-state index in [9.17, 15) is 21.4 Å². The van der Waals surface area contributed by atoms with Crippen molar-refractivity contribution in [1.29, 1.82) is 0 Å². The van der Waals surface area contributed by atoms with Crippen LogP contribution in [0, 0.1) is 0 Å². The van der Waals surface area contributed by atoms with E-state index < -0.39 is 19.0 Å². The number of hydrogen-bond donors (Lipinski definition) is 0. The van der Waals surface area contributed by atoms with Gasteiger partial charge in [-0.25, -0.2) is 16.8 Å². The van der Waals surface area contributed by atoms with Crippen LogP contribution in [-0.2, 0) is 19.0 Å². The zero-order valence-corrected chi connectivity index (χ0v) is 9.54. The molecule has 0 aliphatic carbocycles. The smallest absolute Gasteiger partial charge is 0.151 e. The molecule has 80 valence electrons. The largest absolute Gasteiger partial charge is 0.739 e. The molecule has 0 aromatic carbocycles. The van der Waals surface area contributed by atoms with Gasteiger partial charge in [-0.15, -0.1) is 0 Å². The van der Waals surface area contributed by atoms with Gasteiger partial charge in [-0.3, -0.25) is 0 Å². The van der Waals surface area contributed by atoms with E-state index in [2.05, 4.69) is 0 Å². The standard InChI is InChI=1S/C5H12O5S3/c1-2-4-12(6,7)5-3-11-13(8,9)10/h2-5H2,1H3,(H,8,9,10)/p-1. The van der Waals surface area contributed by atoms with Crippen LogP contribution >= 0.6 is 10.8 Å². The van der Waals surface area contributed by atoms with Crippen LogP contribution in [0.1, 0.15) is 13.3 Å². The first-order valence-electron chi connectivity index (χ1n) is 3.57. The molecule has 0 fully saturated rings. The molecular weight excluding hydrogens is 236 g/mol. The van der Waals surface area contributed by atoms with Crippen LogP contribution in [-0.4, -0.2) is 38.6 Å². The molecule has 0 saturated heterocycles. The molecule has 0 radical (unpaired) electrons. The summed E-state index contributed by atoms with van der Waals surface area (Å²) in [7, 11) is -7.41. The Morgan fingerprint density at radius 3 is 2.08 bits per heavy atom. The van der Waals surface area contributed by atoms with Crippen molar-refractivity contribution in [3.05, 3.63) is 0 Å². The molecule has 5 nitrogen and oxygen atoms in total. The minimum Gasteiger partial charge on any atom is -0.739 e. The third-order valence-corrected chi connectivity index (χ3v) is 5.28. The lowest BCUT2D eigenvalue weighted by Crippen LogP contribution is -2.13. The van der Waals surface area contributed by atoms with Crippen molar-refractivity contribution < 1.29 is 21.4 Å². The molecule has 0 aromatic heterocycles. The maximum atomic E-state index is 11.0. The summed E-state index contributed by atoms with van der Waals surface area (Å²) in [6.07, 6.45) is 0.497. The number of sulfone groups is 1. The summed E-state index contributed by atoms with van der Waals surface area (Å²) in [5, 5.41) is 0. The maximum Gasteiger partial charge on any atom is 0.151 e. The molecular formula is C5H11O5S3-. The predicted octanol–water partition coefficient (Wildman–Crippen LogP) is 0.00460. The molecule has 0 saturated carbocycles. The Hall–Kier alpha value is 0.210. The summed E-state index contributed by atoms with van der Waals surface area (Å²) in [4.78, 5) is 0. The average Bonchev–Trinajstić information content (AvgIpc) is 1.82. The zero-order valence-electron chi connectivity index (χ0n) is 7.09. The first kappa shape index (κ1) is 13.2. The highest BCUT2D eigenvalue weighted by Crippen LogP contribution is 2.09. The quantitative estimate of drug-likeness (QED) is 0.485. The second-order valence-electron chi connectivity index (χ2n) is 2.38. The van der Waals surface area contributed by atoms with Gasteiger partial charge in [0.05, 0.1) is 5.75 Å². The van der Waals surface area contributed by atoms with Gasteiger partial charge in [0.1, 0.15) is 9.15 Å². The lowest BCUT2D eigenvalue weighted by atomic mass is 10.6. The molecule has 0 bridgehead atoms. The van der Waals surface area contributed by atoms with Crippen molar-refractivity contribution in [2.45, 2.75) is 13.3 Å². The van der Waals surface area contributed by atoms with Crippen molar-refractivity contribution in [3.8, 4) is 0 Å². The first-order chi connectivity index (χ1) is 5.77. The van der Waals surface area contributed by atoms with Crippen molar-refractivity contribution in [3.63, 3.8) is 0 Å².